The van der Waals surface area contributed by atoms with Crippen molar-refractivity contribution in [3.63, 3.8) is 0 Å². The number of hydrogen-bond acceptors (Lipinski definition) is 1. The SMILES string of the molecule is CC(C)CCN(CC(C)(C)C)C(C)C. The second-order valence-electron chi connectivity index (χ2n) is 6.31. The Morgan fingerprint density at radius 1 is 1.00 bits per heavy atom. The molecule has 0 bridgehead atoms. The average molecular weight is 199 g/mol. The molecule has 0 unspecified atom stereocenters. The topological polar surface area (TPSA) is 3.24 Å². The van der Waals surface area contributed by atoms with Crippen molar-refractivity contribution in [1.29, 1.82) is 0 Å². The van der Waals surface area contributed by atoms with E-state index in [9.17, 15) is 0 Å². The quantitative estimate of drug-likeness (QED) is 0.651. The Hall–Kier alpha value is -0.0400. The van der Waals surface area contributed by atoms with Crippen LogP contribution < -0.4 is 0 Å². The molecule has 0 saturated carbocycles. The zero-order valence-electron chi connectivity index (χ0n) is 11.2. The molecule has 0 fully saturated rings. The standard InChI is InChI=1S/C13H29N/c1-11(2)8-9-14(12(3)4)10-13(5,6)7/h11-12H,8-10H2,1-7H3. The van der Waals surface area contributed by atoms with Gasteiger partial charge in [-0.05, 0) is 38.1 Å². The summed E-state index contributed by atoms with van der Waals surface area (Å²) in [5.74, 6) is 0.816. The molecule has 86 valence electrons. The van der Waals surface area contributed by atoms with Crippen LogP contribution in [-0.2, 0) is 0 Å². The van der Waals surface area contributed by atoms with Crippen molar-refractivity contribution >= 4 is 0 Å². The summed E-state index contributed by atoms with van der Waals surface area (Å²) in [7, 11) is 0. The molecule has 14 heavy (non-hydrogen) atoms. The molecule has 0 amide bonds. The van der Waals surface area contributed by atoms with Crippen LogP contribution >= 0.6 is 0 Å². The van der Waals surface area contributed by atoms with Crippen molar-refractivity contribution in [2.75, 3.05) is 13.1 Å². The van der Waals surface area contributed by atoms with Crippen LogP contribution in [0.3, 0.4) is 0 Å². The molecule has 0 N–H and O–H groups in total. The first-order chi connectivity index (χ1) is 6.22. The monoisotopic (exact) mass is 199 g/mol. The fourth-order valence-corrected chi connectivity index (χ4v) is 1.55. The largest absolute Gasteiger partial charge is 0.300 e. The Labute approximate surface area is 90.9 Å². The van der Waals surface area contributed by atoms with E-state index in [1.165, 1.54) is 19.5 Å². The van der Waals surface area contributed by atoms with Crippen LogP contribution in [0.5, 0.6) is 0 Å². The van der Waals surface area contributed by atoms with Gasteiger partial charge in [-0.25, -0.2) is 0 Å². The third-order valence-electron chi connectivity index (χ3n) is 2.40. The maximum atomic E-state index is 2.60. The van der Waals surface area contributed by atoms with Crippen LogP contribution in [0.1, 0.15) is 54.9 Å². The van der Waals surface area contributed by atoms with Crippen molar-refractivity contribution in [3.8, 4) is 0 Å². The molecule has 0 heterocycles. The molecule has 0 aliphatic heterocycles. The third-order valence-corrected chi connectivity index (χ3v) is 2.40. The summed E-state index contributed by atoms with van der Waals surface area (Å²) in [6, 6.07) is 0.674. The van der Waals surface area contributed by atoms with Gasteiger partial charge in [0.05, 0.1) is 0 Å². The molecular weight excluding hydrogens is 170 g/mol. The molecule has 0 saturated heterocycles. The van der Waals surface area contributed by atoms with Gasteiger partial charge in [0, 0.05) is 12.6 Å². The Kier molecular flexibility index (Phi) is 5.73. The second kappa shape index (κ2) is 5.75. The predicted molar refractivity (Wildman–Crippen MR) is 65.6 cm³/mol. The minimum absolute atomic E-state index is 0.418. The Balaban J connectivity index is 4.03. The van der Waals surface area contributed by atoms with E-state index in [0.29, 0.717) is 11.5 Å². The molecule has 0 spiro atoms. The summed E-state index contributed by atoms with van der Waals surface area (Å²) in [6.45, 7) is 18.6. The van der Waals surface area contributed by atoms with Crippen molar-refractivity contribution in [2.24, 2.45) is 11.3 Å². The summed E-state index contributed by atoms with van der Waals surface area (Å²) in [4.78, 5) is 2.60. The zero-order chi connectivity index (χ0) is 11.4. The highest BCUT2D eigenvalue weighted by atomic mass is 15.1. The smallest absolute Gasteiger partial charge is 0.00388 e. The fraction of sp³-hybridized carbons (Fsp3) is 1.00. The first-order valence-corrected chi connectivity index (χ1v) is 5.96. The van der Waals surface area contributed by atoms with E-state index in [-0.39, 0.29) is 0 Å². The highest BCUT2D eigenvalue weighted by Gasteiger charge is 2.18. The van der Waals surface area contributed by atoms with Gasteiger partial charge in [0.25, 0.3) is 0 Å². The van der Waals surface area contributed by atoms with Gasteiger partial charge in [0.15, 0.2) is 0 Å². The van der Waals surface area contributed by atoms with Gasteiger partial charge in [0.1, 0.15) is 0 Å². The summed E-state index contributed by atoms with van der Waals surface area (Å²) in [5, 5.41) is 0. The highest BCUT2D eigenvalue weighted by molar-refractivity contribution is 4.72. The average Bonchev–Trinajstić information content (AvgIpc) is 1.94. The minimum atomic E-state index is 0.418. The summed E-state index contributed by atoms with van der Waals surface area (Å²) in [5.41, 5.74) is 0.418. The molecule has 0 rings (SSSR count). The molecule has 1 nitrogen and oxygen atoms in total. The maximum absolute atomic E-state index is 2.60. The van der Waals surface area contributed by atoms with Gasteiger partial charge in [-0.15, -0.1) is 0 Å². The second-order valence-corrected chi connectivity index (χ2v) is 6.31. The van der Waals surface area contributed by atoms with Crippen molar-refractivity contribution < 1.29 is 0 Å². The fourth-order valence-electron chi connectivity index (χ4n) is 1.55. The minimum Gasteiger partial charge on any atom is -0.300 e. The Morgan fingerprint density at radius 3 is 1.79 bits per heavy atom. The van der Waals surface area contributed by atoms with Crippen LogP contribution in [0.15, 0.2) is 0 Å². The van der Waals surface area contributed by atoms with Crippen LogP contribution in [0, 0.1) is 11.3 Å². The van der Waals surface area contributed by atoms with Gasteiger partial charge in [0.2, 0.25) is 0 Å². The van der Waals surface area contributed by atoms with E-state index < -0.39 is 0 Å². The molecule has 0 atom stereocenters. The number of rotatable bonds is 5. The van der Waals surface area contributed by atoms with Gasteiger partial charge in [-0.3, -0.25) is 0 Å². The maximum Gasteiger partial charge on any atom is 0.00388 e. The van der Waals surface area contributed by atoms with E-state index in [2.05, 4.69) is 53.4 Å². The molecule has 0 aliphatic rings. The molecule has 0 aromatic heterocycles. The lowest BCUT2D eigenvalue weighted by Crippen LogP contribution is -2.38. The van der Waals surface area contributed by atoms with Crippen molar-refractivity contribution in [3.05, 3.63) is 0 Å². The van der Waals surface area contributed by atoms with Gasteiger partial charge >= 0.3 is 0 Å². The highest BCUT2D eigenvalue weighted by Crippen LogP contribution is 2.17. The molecular formula is C13H29N. The van der Waals surface area contributed by atoms with E-state index in [1.807, 2.05) is 0 Å². The molecule has 0 aliphatic carbocycles. The number of nitrogens with zero attached hydrogens (tertiary/aromatic N) is 1. The summed E-state index contributed by atoms with van der Waals surface area (Å²) >= 11 is 0. The van der Waals surface area contributed by atoms with Gasteiger partial charge < -0.3 is 4.90 Å². The van der Waals surface area contributed by atoms with E-state index in [4.69, 9.17) is 0 Å². The van der Waals surface area contributed by atoms with E-state index in [1.54, 1.807) is 0 Å². The lowest BCUT2D eigenvalue weighted by atomic mass is 9.95. The van der Waals surface area contributed by atoms with Crippen LogP contribution in [0.2, 0.25) is 0 Å². The van der Waals surface area contributed by atoms with Crippen molar-refractivity contribution in [2.45, 2.75) is 60.9 Å². The van der Waals surface area contributed by atoms with Gasteiger partial charge in [-0.1, -0.05) is 34.6 Å². The first kappa shape index (κ1) is 14.0. The summed E-state index contributed by atoms with van der Waals surface area (Å²) < 4.78 is 0. The molecule has 0 aromatic carbocycles. The first-order valence-electron chi connectivity index (χ1n) is 5.96. The van der Waals surface area contributed by atoms with E-state index in [0.717, 1.165) is 5.92 Å². The van der Waals surface area contributed by atoms with Gasteiger partial charge in [-0.2, -0.15) is 0 Å². The predicted octanol–water partition coefficient (Wildman–Crippen LogP) is 3.79. The van der Waals surface area contributed by atoms with Crippen LogP contribution in [0.4, 0.5) is 0 Å². The molecule has 1 heteroatoms. The van der Waals surface area contributed by atoms with E-state index >= 15 is 0 Å². The lowest BCUT2D eigenvalue weighted by molar-refractivity contribution is 0.148. The van der Waals surface area contributed by atoms with Crippen molar-refractivity contribution in [1.82, 2.24) is 4.90 Å². The Bertz CT molecular complexity index is 142. The number of hydrogen-bond donors (Lipinski definition) is 0. The lowest BCUT2D eigenvalue weighted by Gasteiger charge is -2.33. The van der Waals surface area contributed by atoms with Crippen LogP contribution in [-0.4, -0.2) is 24.0 Å². The molecule has 0 aromatic rings. The third kappa shape index (κ3) is 7.37. The zero-order valence-corrected chi connectivity index (χ0v) is 11.2. The normalized spacial score (nSPS) is 13.3. The van der Waals surface area contributed by atoms with Crippen LogP contribution in [0.25, 0.3) is 0 Å². The molecule has 0 radical (unpaired) electrons. The Morgan fingerprint density at radius 2 is 1.50 bits per heavy atom. The summed E-state index contributed by atoms with van der Waals surface area (Å²) in [6.07, 6.45) is 1.31.